The number of hydrogen-bond acceptors (Lipinski definition) is 6. The molecule has 8 nitrogen and oxygen atoms in total. The summed E-state index contributed by atoms with van der Waals surface area (Å²) in [6.07, 6.45) is -9.73. The van der Waals surface area contributed by atoms with Crippen molar-refractivity contribution in [3.63, 3.8) is 0 Å². The molecule has 2 bridgehead atoms. The SMILES string of the molecule is O=C(NC12CC(C(=O)NC3CCC(OC(F)(F)F)CN3)(C1)C2)C1CCC(OC(F)(F)F)CN1. The zero-order valence-corrected chi connectivity index (χ0v) is 17.6. The van der Waals surface area contributed by atoms with E-state index in [1.807, 2.05) is 0 Å². The van der Waals surface area contributed by atoms with Crippen molar-refractivity contribution in [2.75, 3.05) is 13.1 Å². The van der Waals surface area contributed by atoms with Crippen molar-refractivity contribution in [3.05, 3.63) is 0 Å². The smallest absolute Gasteiger partial charge is 0.349 e. The van der Waals surface area contributed by atoms with Gasteiger partial charge >= 0.3 is 12.7 Å². The van der Waals surface area contributed by atoms with Gasteiger partial charge < -0.3 is 16.0 Å². The first kappa shape index (κ1) is 24.5. The predicted molar refractivity (Wildman–Crippen MR) is 99.2 cm³/mol. The van der Waals surface area contributed by atoms with Gasteiger partial charge in [0.1, 0.15) is 0 Å². The summed E-state index contributed by atoms with van der Waals surface area (Å²) in [6.45, 7) is -0.110. The third-order valence-electron chi connectivity index (χ3n) is 6.86. The number of carbonyl (C=O) groups is 2. The molecule has 5 rings (SSSR count). The van der Waals surface area contributed by atoms with Crippen LogP contribution in [0, 0.1) is 5.41 Å². The second-order valence-corrected chi connectivity index (χ2v) is 9.50. The van der Waals surface area contributed by atoms with Crippen LogP contribution in [0.5, 0.6) is 0 Å². The zero-order valence-electron chi connectivity index (χ0n) is 17.6. The Morgan fingerprint density at radius 1 is 0.818 bits per heavy atom. The van der Waals surface area contributed by atoms with Crippen molar-refractivity contribution in [1.29, 1.82) is 0 Å². The number of carbonyl (C=O) groups excluding carboxylic acids is 2. The van der Waals surface area contributed by atoms with E-state index in [9.17, 15) is 35.9 Å². The molecule has 4 atom stereocenters. The second kappa shape index (κ2) is 8.54. The number of hydrogen-bond donors (Lipinski definition) is 4. The number of amides is 2. The third-order valence-corrected chi connectivity index (χ3v) is 6.86. The van der Waals surface area contributed by atoms with Crippen molar-refractivity contribution < 1.29 is 45.4 Å². The molecule has 0 spiro atoms. The lowest BCUT2D eigenvalue weighted by molar-refractivity contribution is -0.344. The lowest BCUT2D eigenvalue weighted by Crippen LogP contribution is -2.79. The van der Waals surface area contributed by atoms with Crippen molar-refractivity contribution in [1.82, 2.24) is 21.3 Å². The van der Waals surface area contributed by atoms with Crippen LogP contribution in [-0.4, -0.2) is 67.6 Å². The average Bonchev–Trinajstić information content (AvgIpc) is 2.63. The van der Waals surface area contributed by atoms with Gasteiger partial charge in [0.2, 0.25) is 11.8 Å². The summed E-state index contributed by atoms with van der Waals surface area (Å²) >= 11 is 0. The van der Waals surface area contributed by atoms with E-state index < -0.39 is 48.1 Å². The van der Waals surface area contributed by atoms with Crippen LogP contribution < -0.4 is 21.3 Å². The first-order valence-corrected chi connectivity index (χ1v) is 10.9. The molecule has 3 saturated carbocycles. The number of piperidine rings is 2. The molecule has 2 amide bonds. The molecule has 0 aromatic rings. The largest absolute Gasteiger partial charge is 0.522 e. The molecule has 2 saturated heterocycles. The van der Waals surface area contributed by atoms with Gasteiger partial charge in [0, 0.05) is 18.6 Å². The molecular weight excluding hydrogens is 462 g/mol. The van der Waals surface area contributed by atoms with Crippen LogP contribution in [0.15, 0.2) is 0 Å². The molecule has 188 valence electrons. The van der Waals surface area contributed by atoms with Gasteiger partial charge in [-0.05, 0) is 44.9 Å². The van der Waals surface area contributed by atoms with Crippen LogP contribution >= 0.6 is 0 Å². The molecule has 0 aromatic carbocycles. The Labute approximate surface area is 185 Å². The van der Waals surface area contributed by atoms with Crippen LogP contribution in [0.25, 0.3) is 0 Å². The molecule has 3 aliphatic carbocycles. The highest BCUT2D eigenvalue weighted by Crippen LogP contribution is 2.67. The lowest BCUT2D eigenvalue weighted by atomic mass is 9.39. The Hall–Kier alpha value is -1.64. The summed E-state index contributed by atoms with van der Waals surface area (Å²) in [6, 6.07) is -0.616. The molecule has 14 heteroatoms. The summed E-state index contributed by atoms with van der Waals surface area (Å²) in [5.74, 6) is -0.506. The third kappa shape index (κ3) is 5.72. The topological polar surface area (TPSA) is 101 Å². The van der Waals surface area contributed by atoms with Gasteiger partial charge in [0.15, 0.2) is 0 Å². The highest BCUT2D eigenvalue weighted by Gasteiger charge is 2.72. The Morgan fingerprint density at radius 3 is 1.82 bits per heavy atom. The standard InChI is InChI=1S/C19H26F6N4O4/c20-18(21,22)32-10-1-3-12(26-5-10)14(30)29-17-7-16(8-17,9-17)15(31)28-13-4-2-11(6-27-13)33-19(23,24)25/h10-13,26-27H,1-9H2,(H,28,31)(H,29,30). The van der Waals surface area contributed by atoms with Crippen molar-refractivity contribution >= 4 is 11.8 Å². The lowest BCUT2D eigenvalue weighted by Gasteiger charge is -2.69. The quantitative estimate of drug-likeness (QED) is 0.422. The molecule has 2 aliphatic heterocycles. The van der Waals surface area contributed by atoms with E-state index in [1.165, 1.54) is 0 Å². The Kier molecular flexibility index (Phi) is 6.34. The van der Waals surface area contributed by atoms with E-state index >= 15 is 0 Å². The molecule has 4 N–H and O–H groups in total. The number of halogens is 6. The van der Waals surface area contributed by atoms with E-state index in [0.29, 0.717) is 25.7 Å². The van der Waals surface area contributed by atoms with Gasteiger partial charge in [-0.1, -0.05) is 0 Å². The monoisotopic (exact) mass is 488 g/mol. The number of nitrogens with one attached hydrogen (secondary N) is 4. The summed E-state index contributed by atoms with van der Waals surface area (Å²) < 4.78 is 81.7. The maximum atomic E-state index is 12.7. The number of ether oxygens (including phenoxy) is 2. The molecule has 4 unspecified atom stereocenters. The summed E-state index contributed by atoms with van der Waals surface area (Å²) in [5, 5.41) is 11.4. The minimum atomic E-state index is -4.71. The molecule has 0 aromatic heterocycles. The van der Waals surface area contributed by atoms with Crippen LogP contribution in [0.1, 0.15) is 44.9 Å². The van der Waals surface area contributed by atoms with Crippen molar-refractivity contribution in [2.45, 2.75) is 87.6 Å². The first-order chi connectivity index (χ1) is 15.3. The molecule has 0 radical (unpaired) electrons. The molecular formula is C19H26F6N4O4. The number of rotatable bonds is 6. The fourth-order valence-electron chi connectivity index (χ4n) is 5.41. The molecule has 33 heavy (non-hydrogen) atoms. The number of alkyl halides is 6. The van der Waals surface area contributed by atoms with Crippen molar-refractivity contribution in [3.8, 4) is 0 Å². The van der Waals surface area contributed by atoms with Gasteiger partial charge in [-0.15, -0.1) is 26.3 Å². The highest BCUT2D eigenvalue weighted by atomic mass is 19.4. The van der Waals surface area contributed by atoms with E-state index in [1.54, 1.807) is 0 Å². The summed E-state index contributed by atoms with van der Waals surface area (Å²) in [7, 11) is 0. The van der Waals surface area contributed by atoms with E-state index in [2.05, 4.69) is 30.7 Å². The van der Waals surface area contributed by atoms with Gasteiger partial charge in [-0.2, -0.15) is 0 Å². The fraction of sp³-hybridized carbons (Fsp3) is 0.895. The molecule has 5 fully saturated rings. The van der Waals surface area contributed by atoms with E-state index in [-0.39, 0.29) is 44.2 Å². The molecule has 2 heterocycles. The second-order valence-electron chi connectivity index (χ2n) is 9.50. The maximum Gasteiger partial charge on any atom is 0.522 e. The Bertz CT molecular complexity index is 741. The Morgan fingerprint density at radius 2 is 1.36 bits per heavy atom. The van der Waals surface area contributed by atoms with Crippen molar-refractivity contribution in [2.24, 2.45) is 5.41 Å². The van der Waals surface area contributed by atoms with E-state index in [0.717, 1.165) is 0 Å². The average molecular weight is 488 g/mol. The minimum absolute atomic E-state index is 0.0271. The highest BCUT2D eigenvalue weighted by molar-refractivity contribution is 5.89. The van der Waals surface area contributed by atoms with E-state index in [4.69, 9.17) is 0 Å². The minimum Gasteiger partial charge on any atom is -0.349 e. The van der Waals surface area contributed by atoms with Gasteiger partial charge in [0.25, 0.3) is 0 Å². The Balaban J connectivity index is 1.15. The summed E-state index contributed by atoms with van der Waals surface area (Å²) in [5.41, 5.74) is -1.08. The van der Waals surface area contributed by atoms with Crippen LogP contribution in [0.4, 0.5) is 26.3 Å². The summed E-state index contributed by atoms with van der Waals surface area (Å²) in [4.78, 5) is 25.2. The fourth-order valence-corrected chi connectivity index (χ4v) is 5.41. The van der Waals surface area contributed by atoms with Gasteiger partial charge in [-0.3, -0.25) is 24.4 Å². The molecule has 5 aliphatic rings. The van der Waals surface area contributed by atoms with Gasteiger partial charge in [-0.25, -0.2) is 0 Å². The van der Waals surface area contributed by atoms with Crippen LogP contribution in [0.3, 0.4) is 0 Å². The van der Waals surface area contributed by atoms with Crippen LogP contribution in [0.2, 0.25) is 0 Å². The van der Waals surface area contributed by atoms with Crippen LogP contribution in [-0.2, 0) is 19.1 Å². The maximum absolute atomic E-state index is 12.7. The first-order valence-electron chi connectivity index (χ1n) is 10.9. The predicted octanol–water partition coefficient (Wildman–Crippen LogP) is 1.41. The zero-order chi connectivity index (χ0) is 24.1. The normalized spacial score (nSPS) is 38.6. The van der Waals surface area contributed by atoms with Gasteiger partial charge in [0.05, 0.1) is 29.8 Å².